The van der Waals surface area contributed by atoms with Gasteiger partial charge in [0, 0.05) is 0 Å². The molecule has 0 bridgehead atoms. The average Bonchev–Trinajstić information content (AvgIpc) is 2.77. The molecule has 0 aliphatic heterocycles. The van der Waals surface area contributed by atoms with Gasteiger partial charge in [-0.05, 0) is 21.2 Å². The van der Waals surface area contributed by atoms with E-state index in [2.05, 4.69) is 121 Å². The molecule has 0 aromatic heterocycles. The fraction of sp³-hybridized carbons (Fsp3) is 0. The predicted molar refractivity (Wildman–Crippen MR) is 124 cm³/mol. The van der Waals surface area contributed by atoms with E-state index in [-0.39, 0.29) is 14.9 Å². The topological polar surface area (TPSA) is 0 Å². The fourth-order valence-electron chi connectivity index (χ4n) is 2.94. The zero-order valence-electron chi connectivity index (χ0n) is 14.9. The molecule has 4 aromatic rings. The molecule has 2 radical (unpaired) electrons. The Morgan fingerprint density at radius 2 is 0.556 bits per heavy atom. The Kier molecular flexibility index (Phi) is 6.27. The van der Waals surface area contributed by atoms with Gasteiger partial charge in [0.25, 0.3) is 0 Å². The molecule has 0 N–H and O–H groups in total. The van der Waals surface area contributed by atoms with Gasteiger partial charge in [-0.2, -0.15) is 0 Å². The monoisotopic (exact) mass is 398 g/mol. The summed E-state index contributed by atoms with van der Waals surface area (Å²) in [6, 6.07) is 44.2. The lowest BCUT2D eigenvalue weighted by Crippen LogP contribution is -2.21. The van der Waals surface area contributed by atoms with Gasteiger partial charge in [0.05, 0.1) is 0 Å². The van der Waals surface area contributed by atoms with Gasteiger partial charge in [0.15, 0.2) is 0 Å². The average molecular weight is 398 g/mol. The highest BCUT2D eigenvalue weighted by Crippen LogP contribution is 2.45. The largest absolute Gasteiger partial charge is 0.133 e. The zero-order valence-corrected chi connectivity index (χ0v) is 17.7. The molecule has 4 rings (SSSR count). The maximum atomic E-state index is 2.30. The van der Waals surface area contributed by atoms with Crippen molar-refractivity contribution in [2.45, 2.75) is 0 Å². The highest BCUT2D eigenvalue weighted by molar-refractivity contribution is 8.24. The molecule has 0 aliphatic carbocycles. The summed E-state index contributed by atoms with van der Waals surface area (Å²) in [5, 5.41) is 5.88. The highest BCUT2D eigenvalue weighted by Gasteiger charge is 2.23. The van der Waals surface area contributed by atoms with Gasteiger partial charge in [-0.3, -0.25) is 0 Å². The smallest absolute Gasteiger partial charge is 0.0622 e. The van der Waals surface area contributed by atoms with Crippen molar-refractivity contribution in [1.82, 2.24) is 0 Å². The predicted octanol–water partition coefficient (Wildman–Crippen LogP) is 4.79. The van der Waals surface area contributed by atoms with Crippen LogP contribution < -0.4 is 21.2 Å². The summed E-state index contributed by atoms with van der Waals surface area (Å²) in [7, 11) is 0.0920. The van der Waals surface area contributed by atoms with Crippen LogP contribution in [0.1, 0.15) is 0 Å². The van der Waals surface area contributed by atoms with Gasteiger partial charge < -0.3 is 0 Å². The Hall–Kier alpha value is -2.04. The van der Waals surface area contributed by atoms with Crippen LogP contribution in [0.25, 0.3) is 0 Å². The Morgan fingerprint density at radius 3 is 0.778 bits per heavy atom. The van der Waals surface area contributed by atoms with Gasteiger partial charge in [0.2, 0.25) is 0 Å². The number of hydrogen-bond donors (Lipinski definition) is 0. The summed E-state index contributed by atoms with van der Waals surface area (Å²) in [4.78, 5) is 0. The summed E-state index contributed by atoms with van der Waals surface area (Å²) in [5.41, 5.74) is 0. The van der Waals surface area contributed by atoms with Gasteiger partial charge in [-0.15, -0.1) is 0 Å². The third-order valence-electron chi connectivity index (χ3n) is 4.26. The fourth-order valence-corrected chi connectivity index (χ4v) is 15.8. The number of hydrogen-bond acceptors (Lipinski definition) is 0. The van der Waals surface area contributed by atoms with Crippen molar-refractivity contribution in [1.29, 1.82) is 0 Å². The van der Waals surface area contributed by atoms with Gasteiger partial charge in [0.1, 0.15) is 8.85 Å². The van der Waals surface area contributed by atoms with E-state index < -0.39 is 0 Å². The van der Waals surface area contributed by atoms with E-state index in [1.807, 2.05) is 0 Å². The van der Waals surface area contributed by atoms with Crippen LogP contribution in [-0.2, 0) is 0 Å². The quantitative estimate of drug-likeness (QED) is 0.324. The van der Waals surface area contributed by atoms with Crippen LogP contribution in [0, 0.1) is 0 Å². The minimum atomic E-state index is -0.381. The van der Waals surface area contributed by atoms with Crippen LogP contribution in [0.3, 0.4) is 0 Å². The van der Waals surface area contributed by atoms with Gasteiger partial charge in [-0.1, -0.05) is 136 Å². The molecule has 0 heterocycles. The summed E-state index contributed by atoms with van der Waals surface area (Å²) in [5.74, 6) is 0. The van der Waals surface area contributed by atoms with Crippen LogP contribution >= 0.6 is 14.9 Å². The standard InChI is InChI=1S/C24H20P2Si/c1-5-13-21(14-6-1)25(22-15-7-2-8-16-22)27-26(23-17-9-3-10-18-23)24-19-11-4-12-20-24/h1-20H. The molecule has 0 amide bonds. The van der Waals surface area contributed by atoms with E-state index in [0.717, 1.165) is 8.85 Å². The van der Waals surface area contributed by atoms with Crippen LogP contribution in [0.15, 0.2) is 121 Å². The van der Waals surface area contributed by atoms with Crippen LogP contribution in [0.4, 0.5) is 0 Å². The second-order valence-corrected chi connectivity index (χ2v) is 14.8. The molecule has 0 atom stereocenters. The lowest BCUT2D eigenvalue weighted by atomic mass is 10.4. The highest BCUT2D eigenvalue weighted by atomic mass is 31.6. The van der Waals surface area contributed by atoms with Gasteiger partial charge >= 0.3 is 0 Å². The molecule has 27 heavy (non-hydrogen) atoms. The number of benzene rings is 4. The molecule has 3 heteroatoms. The molecule has 0 saturated carbocycles. The van der Waals surface area contributed by atoms with Crippen molar-refractivity contribution in [3.05, 3.63) is 121 Å². The second kappa shape index (κ2) is 9.24. The molecule has 0 unspecified atom stereocenters. The summed E-state index contributed by atoms with van der Waals surface area (Å²) in [6.45, 7) is 0. The first-order chi connectivity index (χ1) is 13.4. The summed E-state index contributed by atoms with van der Waals surface area (Å²) in [6.07, 6.45) is 0. The Balaban J connectivity index is 1.77. The van der Waals surface area contributed by atoms with E-state index in [0.29, 0.717) is 0 Å². The van der Waals surface area contributed by atoms with Crippen molar-refractivity contribution in [2.24, 2.45) is 0 Å². The minimum Gasteiger partial charge on any atom is -0.0622 e. The van der Waals surface area contributed by atoms with Crippen molar-refractivity contribution in [3.63, 3.8) is 0 Å². The Morgan fingerprint density at radius 1 is 0.333 bits per heavy atom. The van der Waals surface area contributed by atoms with Crippen molar-refractivity contribution in [2.75, 3.05) is 0 Å². The maximum absolute atomic E-state index is 2.30. The SMILES string of the molecule is c1ccc(P([Si]P(c2ccccc2)c2ccccc2)c2ccccc2)cc1. The van der Waals surface area contributed by atoms with Crippen LogP contribution in [0.5, 0.6) is 0 Å². The first-order valence-electron chi connectivity index (χ1n) is 8.98. The summed E-state index contributed by atoms with van der Waals surface area (Å²) < 4.78 is 0. The third-order valence-corrected chi connectivity index (χ3v) is 15.8. The minimum absolute atomic E-state index is 0.381. The lowest BCUT2D eigenvalue weighted by Gasteiger charge is -2.25. The molecule has 0 spiro atoms. The van der Waals surface area contributed by atoms with Crippen molar-refractivity contribution >= 4 is 45.0 Å². The molecule has 130 valence electrons. The van der Waals surface area contributed by atoms with E-state index in [9.17, 15) is 0 Å². The van der Waals surface area contributed by atoms with Crippen LogP contribution in [-0.4, -0.2) is 8.85 Å². The molecule has 0 aliphatic rings. The lowest BCUT2D eigenvalue weighted by molar-refractivity contribution is 1.76. The maximum Gasteiger partial charge on any atom is 0.133 e. The normalized spacial score (nSPS) is 11.0. The van der Waals surface area contributed by atoms with E-state index in [4.69, 9.17) is 0 Å². The molecular formula is C24H20P2Si. The summed E-state index contributed by atoms with van der Waals surface area (Å²) >= 11 is 0. The number of rotatable bonds is 6. The molecule has 4 aromatic carbocycles. The zero-order chi connectivity index (χ0) is 18.3. The van der Waals surface area contributed by atoms with E-state index in [1.165, 1.54) is 21.2 Å². The molecule has 0 fully saturated rings. The third kappa shape index (κ3) is 4.63. The molecule has 0 nitrogen and oxygen atoms in total. The second-order valence-electron chi connectivity index (χ2n) is 6.11. The first kappa shape index (κ1) is 18.3. The van der Waals surface area contributed by atoms with E-state index >= 15 is 0 Å². The molecular weight excluding hydrogens is 378 g/mol. The van der Waals surface area contributed by atoms with Gasteiger partial charge in [-0.25, -0.2) is 0 Å². The Bertz CT molecular complexity index is 785. The van der Waals surface area contributed by atoms with Crippen LogP contribution in [0.2, 0.25) is 0 Å². The van der Waals surface area contributed by atoms with Crippen molar-refractivity contribution < 1.29 is 0 Å². The Labute approximate surface area is 166 Å². The first-order valence-corrected chi connectivity index (χ1v) is 14.4. The van der Waals surface area contributed by atoms with E-state index in [1.54, 1.807) is 0 Å². The van der Waals surface area contributed by atoms with Crippen molar-refractivity contribution in [3.8, 4) is 0 Å². The molecule has 0 saturated heterocycles.